The molecule has 3 heterocycles. The van der Waals surface area contributed by atoms with Crippen molar-refractivity contribution < 1.29 is 4.79 Å². The molecule has 0 unspecified atom stereocenters. The predicted octanol–water partition coefficient (Wildman–Crippen LogP) is 3.04. The molecule has 0 saturated carbocycles. The fraction of sp³-hybridized carbons (Fsp3) is 0.647. The molecule has 0 spiro atoms. The molecule has 152 valence electrons. The van der Waals surface area contributed by atoms with Crippen molar-refractivity contribution >= 4 is 42.1 Å². The molecule has 1 aliphatic rings. The molecular formula is C17H28Cl2N6OS. The molecule has 1 amide bonds. The summed E-state index contributed by atoms with van der Waals surface area (Å²) >= 11 is 1.57. The minimum Gasteiger partial charge on any atom is -0.344 e. The van der Waals surface area contributed by atoms with Gasteiger partial charge in [-0.05, 0) is 32.9 Å². The summed E-state index contributed by atoms with van der Waals surface area (Å²) in [6.45, 7) is 10.7. The van der Waals surface area contributed by atoms with Gasteiger partial charge in [-0.15, -0.1) is 41.2 Å². The van der Waals surface area contributed by atoms with Crippen molar-refractivity contribution in [2.45, 2.75) is 58.5 Å². The zero-order chi connectivity index (χ0) is 18.0. The highest BCUT2D eigenvalue weighted by Crippen LogP contribution is 2.24. The fourth-order valence-corrected chi connectivity index (χ4v) is 3.89. The maximum Gasteiger partial charge on any atom is 0.274 e. The van der Waals surface area contributed by atoms with Crippen molar-refractivity contribution in [3.8, 4) is 0 Å². The van der Waals surface area contributed by atoms with Gasteiger partial charge in [-0.1, -0.05) is 26.0 Å². The van der Waals surface area contributed by atoms with Gasteiger partial charge >= 0.3 is 0 Å². The van der Waals surface area contributed by atoms with E-state index in [1.807, 2.05) is 11.6 Å². The summed E-state index contributed by atoms with van der Waals surface area (Å²) in [4.78, 5) is 17.1. The fourth-order valence-electron chi connectivity index (χ4n) is 2.92. The van der Waals surface area contributed by atoms with Crippen LogP contribution in [0.15, 0.2) is 5.38 Å². The molecular weight excluding hydrogens is 407 g/mol. The second-order valence-electron chi connectivity index (χ2n) is 7.51. The quantitative estimate of drug-likeness (QED) is 0.771. The SMILES string of the molecule is Cc1c(C(=O)NCc2nc(C(C)(C)C)cs2)nnn1C1CCNCC1.Cl.Cl. The van der Waals surface area contributed by atoms with Gasteiger partial charge in [0.2, 0.25) is 0 Å². The number of amides is 1. The summed E-state index contributed by atoms with van der Waals surface area (Å²) in [5, 5.41) is 17.5. The summed E-state index contributed by atoms with van der Waals surface area (Å²) in [6, 6.07) is 0.323. The molecule has 1 aliphatic heterocycles. The van der Waals surface area contributed by atoms with E-state index in [0.29, 0.717) is 18.3 Å². The van der Waals surface area contributed by atoms with Crippen molar-refractivity contribution in [2.24, 2.45) is 0 Å². The number of rotatable bonds is 4. The van der Waals surface area contributed by atoms with Crippen LogP contribution in [0.5, 0.6) is 0 Å². The molecule has 0 aliphatic carbocycles. The number of hydrogen-bond acceptors (Lipinski definition) is 6. The molecule has 0 aromatic carbocycles. The van der Waals surface area contributed by atoms with Gasteiger partial charge in [0.05, 0.1) is 24.0 Å². The van der Waals surface area contributed by atoms with Gasteiger partial charge in [0, 0.05) is 10.8 Å². The van der Waals surface area contributed by atoms with Crippen LogP contribution < -0.4 is 10.6 Å². The lowest BCUT2D eigenvalue weighted by Gasteiger charge is -2.23. The zero-order valence-corrected chi connectivity index (χ0v) is 18.6. The highest BCUT2D eigenvalue weighted by molar-refractivity contribution is 7.09. The molecule has 0 radical (unpaired) electrons. The highest BCUT2D eigenvalue weighted by Gasteiger charge is 2.23. The number of thiazole rings is 1. The van der Waals surface area contributed by atoms with Crippen molar-refractivity contribution in [1.82, 2.24) is 30.6 Å². The first kappa shape index (κ1) is 23.8. The van der Waals surface area contributed by atoms with Crippen LogP contribution in [0, 0.1) is 6.92 Å². The Balaban J connectivity index is 0.00000182. The van der Waals surface area contributed by atoms with E-state index in [1.165, 1.54) is 0 Å². The Bertz CT molecular complexity index is 749. The third kappa shape index (κ3) is 5.63. The van der Waals surface area contributed by atoms with Gasteiger partial charge in [-0.25, -0.2) is 9.67 Å². The number of hydrogen-bond donors (Lipinski definition) is 2. The van der Waals surface area contributed by atoms with E-state index in [9.17, 15) is 4.79 Å². The number of aromatic nitrogens is 4. The lowest BCUT2D eigenvalue weighted by atomic mass is 9.93. The molecule has 2 aromatic rings. The Morgan fingerprint density at radius 2 is 2.00 bits per heavy atom. The molecule has 0 atom stereocenters. The van der Waals surface area contributed by atoms with Crippen LogP contribution in [0.3, 0.4) is 0 Å². The van der Waals surface area contributed by atoms with E-state index >= 15 is 0 Å². The third-order valence-corrected chi connectivity index (χ3v) is 5.37. The number of nitrogens with one attached hydrogen (secondary N) is 2. The lowest BCUT2D eigenvalue weighted by molar-refractivity contribution is 0.0945. The number of carbonyl (C=O) groups excluding carboxylic acids is 1. The van der Waals surface area contributed by atoms with E-state index < -0.39 is 0 Å². The Hall–Kier alpha value is -1.22. The average Bonchev–Trinajstić information content (AvgIpc) is 3.20. The van der Waals surface area contributed by atoms with E-state index in [2.05, 4.69) is 52.1 Å². The Morgan fingerprint density at radius 3 is 2.59 bits per heavy atom. The van der Waals surface area contributed by atoms with Crippen LogP contribution >= 0.6 is 36.2 Å². The van der Waals surface area contributed by atoms with E-state index in [1.54, 1.807) is 11.3 Å². The second kappa shape index (κ2) is 9.82. The molecule has 0 bridgehead atoms. The standard InChI is InChI=1S/C17H26N6OS.2ClH/c1-11-15(21-22-23(11)12-5-7-18-8-6-12)16(24)19-9-14-20-13(10-25-14)17(2,3)4;;/h10,12,18H,5-9H2,1-4H3,(H,19,24);2*1H. The first-order valence-corrected chi connectivity index (χ1v) is 9.60. The predicted molar refractivity (Wildman–Crippen MR) is 112 cm³/mol. The van der Waals surface area contributed by atoms with Crippen LogP contribution in [0.4, 0.5) is 0 Å². The molecule has 27 heavy (non-hydrogen) atoms. The zero-order valence-electron chi connectivity index (χ0n) is 16.1. The summed E-state index contributed by atoms with van der Waals surface area (Å²) in [5.41, 5.74) is 2.31. The Morgan fingerprint density at radius 1 is 1.33 bits per heavy atom. The van der Waals surface area contributed by atoms with Crippen LogP contribution in [-0.4, -0.2) is 39.0 Å². The second-order valence-corrected chi connectivity index (χ2v) is 8.45. The van der Waals surface area contributed by atoms with Crippen molar-refractivity contribution in [1.29, 1.82) is 0 Å². The van der Waals surface area contributed by atoms with E-state index in [0.717, 1.165) is 42.3 Å². The number of carbonyl (C=O) groups is 1. The van der Waals surface area contributed by atoms with Gasteiger partial charge in [-0.2, -0.15) is 0 Å². The van der Waals surface area contributed by atoms with Crippen molar-refractivity contribution in [3.05, 3.63) is 27.5 Å². The monoisotopic (exact) mass is 434 g/mol. The number of piperidine rings is 1. The first-order valence-electron chi connectivity index (χ1n) is 8.72. The smallest absolute Gasteiger partial charge is 0.274 e. The molecule has 7 nitrogen and oxygen atoms in total. The highest BCUT2D eigenvalue weighted by atomic mass is 35.5. The minimum absolute atomic E-state index is 0. The number of nitrogens with zero attached hydrogens (tertiary/aromatic N) is 4. The largest absolute Gasteiger partial charge is 0.344 e. The Kier molecular flexibility index (Phi) is 8.66. The lowest BCUT2D eigenvalue weighted by Crippen LogP contribution is -2.30. The summed E-state index contributed by atoms with van der Waals surface area (Å²) in [6.07, 6.45) is 2.03. The third-order valence-electron chi connectivity index (χ3n) is 4.52. The molecule has 3 rings (SSSR count). The average molecular weight is 435 g/mol. The van der Waals surface area contributed by atoms with Crippen LogP contribution in [0.25, 0.3) is 0 Å². The van der Waals surface area contributed by atoms with Gasteiger partial charge in [0.15, 0.2) is 5.69 Å². The van der Waals surface area contributed by atoms with Crippen LogP contribution in [-0.2, 0) is 12.0 Å². The maximum atomic E-state index is 12.5. The molecule has 1 fully saturated rings. The van der Waals surface area contributed by atoms with Gasteiger partial charge in [0.1, 0.15) is 5.01 Å². The minimum atomic E-state index is -0.190. The molecule has 2 N–H and O–H groups in total. The van der Waals surface area contributed by atoms with E-state index in [-0.39, 0.29) is 36.1 Å². The normalized spacial score (nSPS) is 15.0. The first-order chi connectivity index (χ1) is 11.9. The Labute approximate surface area is 176 Å². The van der Waals surface area contributed by atoms with Crippen molar-refractivity contribution in [2.75, 3.05) is 13.1 Å². The maximum absolute atomic E-state index is 12.5. The van der Waals surface area contributed by atoms with Gasteiger partial charge in [0.25, 0.3) is 5.91 Å². The number of halogens is 2. The van der Waals surface area contributed by atoms with Crippen molar-refractivity contribution in [3.63, 3.8) is 0 Å². The molecule has 2 aromatic heterocycles. The summed E-state index contributed by atoms with van der Waals surface area (Å²) in [7, 11) is 0. The van der Waals surface area contributed by atoms with Gasteiger partial charge in [-0.3, -0.25) is 4.79 Å². The summed E-state index contributed by atoms with van der Waals surface area (Å²) in [5.74, 6) is -0.190. The van der Waals surface area contributed by atoms with Gasteiger partial charge < -0.3 is 10.6 Å². The van der Waals surface area contributed by atoms with Crippen LogP contribution in [0.1, 0.15) is 66.5 Å². The van der Waals surface area contributed by atoms with E-state index in [4.69, 9.17) is 0 Å². The molecule has 1 saturated heterocycles. The topological polar surface area (TPSA) is 84.7 Å². The summed E-state index contributed by atoms with van der Waals surface area (Å²) < 4.78 is 1.90. The van der Waals surface area contributed by atoms with Crippen LogP contribution in [0.2, 0.25) is 0 Å². The molecule has 10 heteroatoms.